The van der Waals surface area contributed by atoms with Gasteiger partial charge in [0.25, 0.3) is 0 Å². The van der Waals surface area contributed by atoms with Crippen molar-refractivity contribution in [2.75, 3.05) is 14.2 Å². The quantitative estimate of drug-likeness (QED) is 0.173. The molecule has 0 bridgehead atoms. The van der Waals surface area contributed by atoms with Gasteiger partial charge in [-0.1, -0.05) is 5.41 Å². The third-order valence-electron chi connectivity index (χ3n) is 0.938. The number of hydrogen-bond acceptors (Lipinski definition) is 3. The summed E-state index contributed by atoms with van der Waals surface area (Å²) in [6, 6.07) is 0. The summed E-state index contributed by atoms with van der Waals surface area (Å²) < 4.78 is 9.26. The third kappa shape index (κ3) is 4.48. The zero-order valence-corrected chi connectivity index (χ0v) is 8.83. The fraction of sp³-hybridized carbons (Fsp3) is 0.500. The van der Waals surface area contributed by atoms with Crippen LogP contribution in [0.25, 0.3) is 0 Å². The fourth-order valence-corrected chi connectivity index (χ4v) is 0.485. The van der Waals surface area contributed by atoms with Gasteiger partial charge < -0.3 is 9.47 Å². The van der Waals surface area contributed by atoms with Crippen molar-refractivity contribution in [3.63, 3.8) is 0 Å². The number of hydrogen-bond donors (Lipinski definition) is 0. The van der Waals surface area contributed by atoms with Crippen molar-refractivity contribution >= 4 is 41.7 Å². The first-order chi connectivity index (χ1) is 4.79. The summed E-state index contributed by atoms with van der Waals surface area (Å²) in [6.07, 6.45) is -0.417. The number of rotatable bonds is 4. The van der Waals surface area contributed by atoms with E-state index in [-0.39, 0.29) is 35.1 Å². The van der Waals surface area contributed by atoms with Gasteiger partial charge in [0.1, 0.15) is 5.57 Å². The Bertz CT molecular complexity index is 161. The predicted molar refractivity (Wildman–Crippen MR) is 40.3 cm³/mol. The van der Waals surface area contributed by atoms with Crippen LogP contribution in [-0.2, 0) is 14.3 Å². The Morgan fingerprint density at radius 2 is 2.00 bits per heavy atom. The second-order valence-electron chi connectivity index (χ2n) is 1.49. The molecule has 0 aromatic rings. The van der Waals surface area contributed by atoms with E-state index in [2.05, 4.69) is 9.47 Å². The minimum atomic E-state index is -0.831. The topological polar surface area (TPSA) is 57.8 Å². The molecule has 0 aliphatic carbocycles. The van der Waals surface area contributed by atoms with Crippen molar-refractivity contribution in [2.24, 2.45) is 0 Å². The van der Waals surface area contributed by atoms with Crippen LogP contribution in [0.15, 0.2) is 5.57 Å². The zero-order chi connectivity index (χ0) is 7.98. The summed E-state index contributed by atoms with van der Waals surface area (Å²) in [7, 11) is 2.71. The van der Waals surface area contributed by atoms with Crippen molar-refractivity contribution in [1.82, 2.24) is 5.41 Å². The van der Waals surface area contributed by atoms with Gasteiger partial charge in [-0.3, -0.25) is 4.79 Å². The smallest absolute Gasteiger partial charge is 0.195 e. The van der Waals surface area contributed by atoms with Crippen molar-refractivity contribution in [3.8, 4) is 0 Å². The molecule has 2 radical (unpaired) electrons. The minimum Gasteiger partial charge on any atom is -0.351 e. The molecule has 0 N–H and O–H groups in total. The number of carbonyl (C=O) groups excluding carboxylic acids is 1. The molecule has 11 heavy (non-hydrogen) atoms. The first kappa shape index (κ1) is 13.6. The van der Waals surface area contributed by atoms with Crippen molar-refractivity contribution < 1.29 is 14.3 Å². The van der Waals surface area contributed by atoms with E-state index in [9.17, 15) is 4.79 Å². The fourth-order valence-electron chi connectivity index (χ4n) is 0.485. The summed E-state index contributed by atoms with van der Waals surface area (Å²) in [5, 5.41) is 8.28. The number of carbonyl (C=O) groups is 1. The Kier molecular flexibility index (Phi) is 10.1. The maximum absolute atomic E-state index is 10.1. The van der Waals surface area contributed by atoms with E-state index in [1.165, 1.54) is 14.2 Å². The molecule has 0 atom stereocenters. The number of methoxy groups -OCH3 is 2. The van der Waals surface area contributed by atoms with Gasteiger partial charge in [-0.25, -0.2) is 0 Å². The molecular weight excluding hydrogens is 157 g/mol. The zero-order valence-electron chi connectivity index (χ0n) is 6.83. The van der Waals surface area contributed by atoms with Crippen molar-refractivity contribution in [1.29, 1.82) is 0 Å². The van der Waals surface area contributed by atoms with Crippen LogP contribution < -0.4 is 5.41 Å². The molecule has 0 saturated heterocycles. The van der Waals surface area contributed by atoms with Crippen LogP contribution >= 0.6 is 0 Å². The second kappa shape index (κ2) is 8.14. The van der Waals surface area contributed by atoms with E-state index in [1.54, 1.807) is 5.87 Å². The Morgan fingerprint density at radius 3 is 2.09 bits per heavy atom. The second-order valence-corrected chi connectivity index (χ2v) is 1.49. The van der Waals surface area contributed by atoms with Crippen LogP contribution in [0, 0.1) is 0 Å². The molecule has 0 aromatic carbocycles. The van der Waals surface area contributed by atoms with Gasteiger partial charge in [-0.15, -0.1) is 0 Å². The summed E-state index contributed by atoms with van der Waals surface area (Å²) in [5.74, 6) is 1.65. The molecule has 0 rings (SSSR count). The number of ether oxygens (including phenoxy) is 2. The summed E-state index contributed by atoms with van der Waals surface area (Å²) in [4.78, 5) is 10.1. The third-order valence-corrected chi connectivity index (χ3v) is 0.938. The molecule has 56 valence electrons. The average Bonchev–Trinajstić information content (AvgIpc) is 2.00. The van der Waals surface area contributed by atoms with Gasteiger partial charge in [0, 0.05) is 49.6 Å². The molecule has 0 amide bonds. The molecule has 0 aliphatic heterocycles. The van der Waals surface area contributed by atoms with Crippen LogP contribution in [0.2, 0.25) is 0 Å². The Hall–Kier alpha value is 0.0400. The molecule has 0 unspecified atom stereocenters. The average molecular weight is 165 g/mol. The molecule has 0 spiro atoms. The van der Waals surface area contributed by atoms with Gasteiger partial charge >= 0.3 is 0 Å². The molecule has 0 saturated carbocycles. The van der Waals surface area contributed by atoms with Gasteiger partial charge in [0.05, 0.1) is 0 Å². The molecule has 4 nitrogen and oxygen atoms in total. The van der Waals surface area contributed by atoms with E-state index in [0.717, 1.165) is 0 Å². The predicted octanol–water partition coefficient (Wildman–Crippen LogP) is -1.18. The monoisotopic (exact) mass is 165 g/mol. The summed E-state index contributed by atoms with van der Waals surface area (Å²) >= 11 is 0. The molecule has 0 aliphatic rings. The first-order valence-corrected chi connectivity index (χ1v) is 2.57. The van der Waals surface area contributed by atoms with Crippen LogP contribution in [0.3, 0.4) is 0 Å². The molecule has 0 heterocycles. The summed E-state index contributed by atoms with van der Waals surface area (Å²) in [5.41, 5.74) is -0.0648. The molecule has 0 aromatic heterocycles. The van der Waals surface area contributed by atoms with E-state index in [4.69, 9.17) is 5.41 Å². The van der Waals surface area contributed by atoms with Gasteiger partial charge in [0.2, 0.25) is 0 Å². The summed E-state index contributed by atoms with van der Waals surface area (Å²) in [6.45, 7) is 0. The first-order valence-electron chi connectivity index (χ1n) is 2.57. The van der Waals surface area contributed by atoms with E-state index < -0.39 is 6.29 Å². The minimum absolute atomic E-state index is 0. The van der Waals surface area contributed by atoms with Gasteiger partial charge in [-0.05, 0) is 0 Å². The van der Waals surface area contributed by atoms with Crippen molar-refractivity contribution in [2.45, 2.75) is 6.29 Å². The Balaban J connectivity index is 0. The standard InChI is InChI=1S/C6H8NO3.Na/c1-9-6(10-2)5(3-7)4-8;/h4,6H,1-2H3;. The number of nitrogens with zero attached hydrogens (tertiary/aromatic N) is 1. The van der Waals surface area contributed by atoms with E-state index >= 15 is 0 Å². The van der Waals surface area contributed by atoms with Crippen LogP contribution in [0.1, 0.15) is 0 Å². The van der Waals surface area contributed by atoms with E-state index in [0.29, 0.717) is 6.29 Å². The van der Waals surface area contributed by atoms with Crippen LogP contribution in [-0.4, -0.2) is 62.2 Å². The van der Waals surface area contributed by atoms with Crippen LogP contribution in [0.4, 0.5) is 0 Å². The van der Waals surface area contributed by atoms with Gasteiger partial charge in [-0.2, -0.15) is 0 Å². The molecule has 0 fully saturated rings. The maximum atomic E-state index is 10.1. The largest absolute Gasteiger partial charge is 0.351 e. The SMILES string of the molecule is COC(OC)C(=C=[N])C=O.[Na]. The van der Waals surface area contributed by atoms with Crippen LogP contribution in [0.5, 0.6) is 0 Å². The Morgan fingerprint density at radius 1 is 1.55 bits per heavy atom. The van der Waals surface area contributed by atoms with Crippen molar-refractivity contribution in [3.05, 3.63) is 5.57 Å². The Labute approximate surface area is 87.4 Å². The molecular formula is C6H8NNaO3. The van der Waals surface area contributed by atoms with Gasteiger partial charge in [0.15, 0.2) is 12.6 Å². The normalized spacial score (nSPS) is 8.27. The maximum Gasteiger partial charge on any atom is 0.195 e. The number of aldehydes is 1. The van der Waals surface area contributed by atoms with E-state index in [1.807, 2.05) is 0 Å². The molecule has 5 heteroatoms.